The minimum absolute atomic E-state index is 0.306. The van der Waals surface area contributed by atoms with Crippen molar-refractivity contribution in [2.24, 2.45) is 5.92 Å². The molecule has 0 N–H and O–H groups in total. The standard InChI is InChI=1S/C11H8BrNO3/c1-16-11(15)9(6-13)10(14)7-2-4-8(12)5-3-7/h2-5,9H,1H3/t9-/m1/s1. The number of Topliss-reactive ketones (excluding diaryl/α,β-unsaturated/α-hetero) is 1. The summed E-state index contributed by atoms with van der Waals surface area (Å²) in [6.07, 6.45) is 0. The molecule has 0 amide bonds. The average Bonchev–Trinajstić information content (AvgIpc) is 2.30. The summed E-state index contributed by atoms with van der Waals surface area (Å²) < 4.78 is 5.19. The third kappa shape index (κ3) is 2.67. The first kappa shape index (κ1) is 12.4. The van der Waals surface area contributed by atoms with E-state index in [0.29, 0.717) is 5.56 Å². The minimum atomic E-state index is -1.40. The zero-order chi connectivity index (χ0) is 12.1. The lowest BCUT2D eigenvalue weighted by Gasteiger charge is -2.05. The predicted octanol–water partition coefficient (Wildman–Crippen LogP) is 1.94. The molecule has 0 bridgehead atoms. The van der Waals surface area contributed by atoms with Crippen molar-refractivity contribution >= 4 is 27.7 Å². The number of carbonyl (C=O) groups excluding carboxylic acids is 2. The number of nitriles is 1. The van der Waals surface area contributed by atoms with Crippen molar-refractivity contribution in [3.63, 3.8) is 0 Å². The highest BCUT2D eigenvalue weighted by Gasteiger charge is 2.28. The molecule has 1 atom stereocenters. The van der Waals surface area contributed by atoms with Gasteiger partial charge in [0.15, 0.2) is 5.78 Å². The number of ether oxygens (including phenoxy) is 1. The number of hydrogen-bond donors (Lipinski definition) is 0. The fraction of sp³-hybridized carbons (Fsp3) is 0.182. The maximum Gasteiger partial charge on any atom is 0.331 e. The Kier molecular flexibility index (Phi) is 4.20. The van der Waals surface area contributed by atoms with Crippen LogP contribution in [0, 0.1) is 17.2 Å². The van der Waals surface area contributed by atoms with Gasteiger partial charge in [0, 0.05) is 10.0 Å². The van der Waals surface area contributed by atoms with Crippen molar-refractivity contribution in [1.82, 2.24) is 0 Å². The van der Waals surface area contributed by atoms with Crippen molar-refractivity contribution in [3.8, 4) is 6.07 Å². The van der Waals surface area contributed by atoms with Crippen LogP contribution in [-0.4, -0.2) is 18.9 Å². The molecule has 0 aliphatic rings. The summed E-state index contributed by atoms with van der Waals surface area (Å²) in [6.45, 7) is 0. The molecule has 16 heavy (non-hydrogen) atoms. The van der Waals surface area contributed by atoms with Crippen LogP contribution in [0.25, 0.3) is 0 Å². The van der Waals surface area contributed by atoms with E-state index < -0.39 is 17.7 Å². The molecule has 82 valence electrons. The first-order chi connectivity index (χ1) is 7.60. The van der Waals surface area contributed by atoms with Crippen LogP contribution in [0.2, 0.25) is 0 Å². The molecular formula is C11H8BrNO3. The van der Waals surface area contributed by atoms with Gasteiger partial charge < -0.3 is 4.74 Å². The van der Waals surface area contributed by atoms with E-state index in [0.717, 1.165) is 11.6 Å². The third-order valence-corrected chi connectivity index (χ3v) is 2.49. The Morgan fingerprint density at radius 3 is 2.38 bits per heavy atom. The van der Waals surface area contributed by atoms with Crippen molar-refractivity contribution in [1.29, 1.82) is 5.26 Å². The number of hydrogen-bond acceptors (Lipinski definition) is 4. The van der Waals surface area contributed by atoms with Gasteiger partial charge >= 0.3 is 5.97 Å². The molecule has 0 aromatic heterocycles. The Balaban J connectivity index is 2.97. The van der Waals surface area contributed by atoms with Crippen LogP contribution in [0.15, 0.2) is 28.7 Å². The van der Waals surface area contributed by atoms with E-state index in [2.05, 4.69) is 20.7 Å². The van der Waals surface area contributed by atoms with E-state index in [1.807, 2.05) is 0 Å². The molecule has 0 spiro atoms. The van der Waals surface area contributed by atoms with Gasteiger partial charge in [0.05, 0.1) is 13.2 Å². The summed E-state index contributed by atoms with van der Waals surface area (Å²) in [7, 11) is 1.14. The largest absolute Gasteiger partial charge is 0.468 e. The normalized spacial score (nSPS) is 11.3. The van der Waals surface area contributed by atoms with Crippen LogP contribution in [0.3, 0.4) is 0 Å². The van der Waals surface area contributed by atoms with Crippen molar-refractivity contribution < 1.29 is 14.3 Å². The summed E-state index contributed by atoms with van der Waals surface area (Å²) in [5.74, 6) is -2.79. The molecule has 1 rings (SSSR count). The maximum absolute atomic E-state index is 11.7. The number of benzene rings is 1. The minimum Gasteiger partial charge on any atom is -0.468 e. The van der Waals surface area contributed by atoms with E-state index in [9.17, 15) is 9.59 Å². The van der Waals surface area contributed by atoms with Gasteiger partial charge in [-0.3, -0.25) is 9.59 Å². The molecule has 0 unspecified atom stereocenters. The highest BCUT2D eigenvalue weighted by molar-refractivity contribution is 9.10. The van der Waals surface area contributed by atoms with Gasteiger partial charge in [-0.15, -0.1) is 0 Å². The molecular weight excluding hydrogens is 274 g/mol. The Bertz CT molecular complexity index is 447. The quantitative estimate of drug-likeness (QED) is 0.482. The third-order valence-electron chi connectivity index (χ3n) is 1.96. The van der Waals surface area contributed by atoms with Crippen LogP contribution in [0.4, 0.5) is 0 Å². The fourth-order valence-corrected chi connectivity index (χ4v) is 1.38. The lowest BCUT2D eigenvalue weighted by Crippen LogP contribution is -2.23. The van der Waals surface area contributed by atoms with Crippen LogP contribution in [0.5, 0.6) is 0 Å². The Labute approximate surface area is 101 Å². The number of nitrogens with zero attached hydrogens (tertiary/aromatic N) is 1. The van der Waals surface area contributed by atoms with E-state index in [4.69, 9.17) is 5.26 Å². The molecule has 0 fully saturated rings. The summed E-state index contributed by atoms with van der Waals surface area (Å²) in [4.78, 5) is 22.9. The summed E-state index contributed by atoms with van der Waals surface area (Å²) in [5.41, 5.74) is 0.306. The number of halogens is 1. The second kappa shape index (κ2) is 5.42. The van der Waals surface area contributed by atoms with Crippen LogP contribution in [-0.2, 0) is 9.53 Å². The van der Waals surface area contributed by atoms with Crippen LogP contribution in [0.1, 0.15) is 10.4 Å². The summed E-state index contributed by atoms with van der Waals surface area (Å²) >= 11 is 3.22. The highest BCUT2D eigenvalue weighted by atomic mass is 79.9. The van der Waals surface area contributed by atoms with Gasteiger partial charge in [-0.2, -0.15) is 5.26 Å². The van der Waals surface area contributed by atoms with Gasteiger partial charge in [0.1, 0.15) is 0 Å². The first-order valence-corrected chi connectivity index (χ1v) is 5.16. The fourth-order valence-electron chi connectivity index (χ4n) is 1.12. The second-order valence-corrected chi connectivity index (χ2v) is 3.87. The first-order valence-electron chi connectivity index (χ1n) is 4.37. The van der Waals surface area contributed by atoms with Crippen molar-refractivity contribution in [3.05, 3.63) is 34.3 Å². The zero-order valence-corrected chi connectivity index (χ0v) is 10.0. The van der Waals surface area contributed by atoms with E-state index >= 15 is 0 Å². The Hall–Kier alpha value is -1.67. The molecule has 0 saturated heterocycles. The SMILES string of the molecule is COC(=O)[C@H](C#N)C(=O)c1ccc(Br)cc1. The topological polar surface area (TPSA) is 67.2 Å². The number of rotatable bonds is 3. The Morgan fingerprint density at radius 2 is 1.94 bits per heavy atom. The molecule has 5 heteroatoms. The second-order valence-electron chi connectivity index (χ2n) is 2.96. The van der Waals surface area contributed by atoms with Gasteiger partial charge in [0.2, 0.25) is 5.92 Å². The number of methoxy groups -OCH3 is 1. The molecule has 0 radical (unpaired) electrons. The maximum atomic E-state index is 11.7. The molecule has 0 heterocycles. The van der Waals surface area contributed by atoms with E-state index in [1.54, 1.807) is 30.3 Å². The van der Waals surface area contributed by atoms with E-state index in [1.165, 1.54) is 0 Å². The molecule has 4 nitrogen and oxygen atoms in total. The van der Waals surface area contributed by atoms with Crippen LogP contribution < -0.4 is 0 Å². The molecule has 0 aliphatic heterocycles. The lowest BCUT2D eigenvalue weighted by atomic mass is 9.99. The molecule has 0 saturated carbocycles. The van der Waals surface area contributed by atoms with Gasteiger partial charge in [-0.05, 0) is 12.1 Å². The monoisotopic (exact) mass is 281 g/mol. The lowest BCUT2D eigenvalue weighted by molar-refractivity contribution is -0.141. The highest BCUT2D eigenvalue weighted by Crippen LogP contribution is 2.14. The Morgan fingerprint density at radius 1 is 1.38 bits per heavy atom. The van der Waals surface area contributed by atoms with Crippen molar-refractivity contribution in [2.75, 3.05) is 7.11 Å². The van der Waals surface area contributed by atoms with Gasteiger partial charge in [0.25, 0.3) is 0 Å². The van der Waals surface area contributed by atoms with Crippen molar-refractivity contribution in [2.45, 2.75) is 0 Å². The summed E-state index contributed by atoms with van der Waals surface area (Å²) in [5, 5.41) is 8.73. The smallest absolute Gasteiger partial charge is 0.331 e. The van der Waals surface area contributed by atoms with Gasteiger partial charge in [-0.1, -0.05) is 28.1 Å². The van der Waals surface area contributed by atoms with E-state index in [-0.39, 0.29) is 0 Å². The zero-order valence-electron chi connectivity index (χ0n) is 8.44. The average molecular weight is 282 g/mol. The molecule has 1 aromatic carbocycles. The molecule has 0 aliphatic carbocycles. The number of esters is 1. The predicted molar refractivity (Wildman–Crippen MR) is 59.6 cm³/mol. The van der Waals surface area contributed by atoms with Gasteiger partial charge in [-0.25, -0.2) is 0 Å². The number of carbonyl (C=O) groups is 2. The van der Waals surface area contributed by atoms with Crippen LogP contribution >= 0.6 is 15.9 Å². The summed E-state index contributed by atoms with van der Waals surface area (Å²) in [6, 6.07) is 8.04. The molecule has 1 aromatic rings. The number of ketones is 1.